The minimum absolute atomic E-state index is 2.05. The molecule has 10 heteroatoms. The van der Waals surface area contributed by atoms with Gasteiger partial charge in [-0.2, -0.15) is 8.42 Å². The normalized spacial score (nSPS) is 20.0. The molecule has 0 fully saturated rings. The molecule has 0 aromatic heterocycles. The Hall–Kier alpha value is -0.100. The fourth-order valence-electron chi connectivity index (χ4n) is 0.323. The molecule has 0 aliphatic heterocycles. The molecule has 4 N–H and O–H groups in total. The highest BCUT2D eigenvalue weighted by atomic mass is 32.3. The van der Waals surface area contributed by atoms with Gasteiger partial charge < -0.3 is 15.4 Å². The van der Waals surface area contributed by atoms with Gasteiger partial charge in [0.2, 0.25) is 0 Å². The van der Waals surface area contributed by atoms with E-state index in [2.05, 4.69) is 9.92 Å². The van der Waals surface area contributed by atoms with Crippen LogP contribution in [0.5, 0.6) is 0 Å². The van der Waals surface area contributed by atoms with E-state index in [0.29, 0.717) is 0 Å². The van der Waals surface area contributed by atoms with Crippen LogP contribution in [0, 0.1) is 0 Å². The third-order valence-corrected chi connectivity index (χ3v) is 2.01. The number of hydrogen-bond acceptors (Lipinski definition) is 7. The molecule has 0 rings (SSSR count). The molecule has 3 atom stereocenters. The predicted molar refractivity (Wildman–Crippen MR) is 35.5 cm³/mol. The fourth-order valence-corrected chi connectivity index (χ4v) is 1.46. The van der Waals surface area contributed by atoms with Gasteiger partial charge in [-0.05, 0) is 11.1 Å². The van der Waals surface area contributed by atoms with Crippen LogP contribution in [0.25, 0.3) is 0 Å². The van der Waals surface area contributed by atoms with Crippen molar-refractivity contribution in [3.63, 3.8) is 0 Å². The van der Waals surface area contributed by atoms with Crippen LogP contribution in [0.1, 0.15) is 0 Å². The van der Waals surface area contributed by atoms with Crippen molar-refractivity contribution in [2.24, 2.45) is 5.73 Å². The van der Waals surface area contributed by atoms with E-state index in [-0.39, 0.29) is 0 Å². The van der Waals surface area contributed by atoms with Crippen LogP contribution in [0.3, 0.4) is 0 Å². The summed E-state index contributed by atoms with van der Waals surface area (Å²) >= 11 is -3.07. The van der Waals surface area contributed by atoms with Crippen molar-refractivity contribution in [2.75, 3.05) is 0 Å². The topological polar surface area (TPSA) is 150 Å². The second kappa shape index (κ2) is 4.23. The molecule has 0 heterocycles. The number of hydrogen-bond donors (Lipinski definition) is 3. The van der Waals surface area contributed by atoms with E-state index in [0.717, 1.165) is 0 Å². The maximum Gasteiger partial charge on any atom is 0.398 e. The SMILES string of the molecule is NC(O)C(OS(=O)(=O)O)S(=O)[O-]. The molecule has 0 bridgehead atoms. The lowest BCUT2D eigenvalue weighted by molar-refractivity contribution is 0.0807. The van der Waals surface area contributed by atoms with Gasteiger partial charge >= 0.3 is 10.4 Å². The van der Waals surface area contributed by atoms with Gasteiger partial charge in [-0.3, -0.25) is 8.76 Å². The third-order valence-electron chi connectivity index (χ3n) is 0.685. The van der Waals surface area contributed by atoms with Crippen molar-refractivity contribution >= 4 is 21.5 Å². The zero-order valence-electron chi connectivity index (χ0n) is 5.48. The van der Waals surface area contributed by atoms with Gasteiger partial charge in [-0.25, -0.2) is 4.18 Å². The summed E-state index contributed by atoms with van der Waals surface area (Å²) in [6, 6.07) is 0. The summed E-state index contributed by atoms with van der Waals surface area (Å²) in [7, 11) is -4.95. The second-order valence-corrected chi connectivity index (χ2v) is 3.68. The Labute approximate surface area is 70.6 Å². The average molecular weight is 220 g/mol. The minimum Gasteiger partial charge on any atom is -0.770 e. The lowest BCUT2D eigenvalue weighted by atomic mass is 10.6. The molecule has 8 nitrogen and oxygen atoms in total. The minimum atomic E-state index is -4.95. The number of rotatable bonds is 4. The molecule has 74 valence electrons. The Balaban J connectivity index is 4.46. The van der Waals surface area contributed by atoms with Gasteiger partial charge in [-0.15, -0.1) is 0 Å². The molecule has 0 aromatic carbocycles. The van der Waals surface area contributed by atoms with Crippen LogP contribution >= 0.6 is 0 Å². The quantitative estimate of drug-likeness (QED) is 0.263. The molecular weight excluding hydrogens is 214 g/mol. The largest absolute Gasteiger partial charge is 0.770 e. The van der Waals surface area contributed by atoms with E-state index in [4.69, 9.17) is 9.66 Å². The number of aliphatic hydroxyl groups is 1. The van der Waals surface area contributed by atoms with E-state index in [1.165, 1.54) is 0 Å². The fraction of sp³-hybridized carbons (Fsp3) is 1.00. The molecule has 0 aromatic rings. The summed E-state index contributed by atoms with van der Waals surface area (Å²) < 4.78 is 51.5. The maximum atomic E-state index is 10.1. The highest BCUT2D eigenvalue weighted by Crippen LogP contribution is 2.02. The molecule has 0 spiro atoms. The molecule has 3 unspecified atom stereocenters. The highest BCUT2D eigenvalue weighted by Gasteiger charge is 2.23. The van der Waals surface area contributed by atoms with Crippen LogP contribution < -0.4 is 5.73 Å². The Kier molecular flexibility index (Phi) is 4.19. The average Bonchev–Trinajstić information content (AvgIpc) is 1.79. The van der Waals surface area contributed by atoms with Gasteiger partial charge in [0.15, 0.2) is 5.44 Å². The summed E-state index contributed by atoms with van der Waals surface area (Å²) in [6.45, 7) is 0. The molecule has 0 aliphatic rings. The molecule has 0 amide bonds. The first-order valence-corrected chi connectivity index (χ1v) is 4.92. The Morgan fingerprint density at radius 2 is 2.00 bits per heavy atom. The first-order chi connectivity index (χ1) is 5.24. The summed E-state index contributed by atoms with van der Waals surface area (Å²) in [4.78, 5) is 0. The van der Waals surface area contributed by atoms with Crippen LogP contribution in [0.2, 0.25) is 0 Å². The molecule has 12 heavy (non-hydrogen) atoms. The van der Waals surface area contributed by atoms with Crippen LogP contribution in [0.4, 0.5) is 0 Å². The first kappa shape index (κ1) is 11.9. The third kappa shape index (κ3) is 4.71. The smallest absolute Gasteiger partial charge is 0.398 e. The zero-order chi connectivity index (χ0) is 9.94. The summed E-state index contributed by atoms with van der Waals surface area (Å²) in [5.41, 5.74) is 2.40. The van der Waals surface area contributed by atoms with E-state index in [1.807, 2.05) is 0 Å². The lowest BCUT2D eigenvalue weighted by Gasteiger charge is -2.19. The van der Waals surface area contributed by atoms with Crippen LogP contribution in [-0.4, -0.2) is 38.5 Å². The molecule has 0 aliphatic carbocycles. The van der Waals surface area contributed by atoms with E-state index >= 15 is 0 Å². The summed E-state index contributed by atoms with van der Waals surface area (Å²) in [5, 5.41) is 8.43. The second-order valence-electron chi connectivity index (χ2n) is 1.64. The van der Waals surface area contributed by atoms with Crippen molar-refractivity contribution in [2.45, 2.75) is 11.7 Å². The van der Waals surface area contributed by atoms with Crippen molar-refractivity contribution in [1.29, 1.82) is 0 Å². The van der Waals surface area contributed by atoms with Crippen LogP contribution in [-0.2, 0) is 25.7 Å². The van der Waals surface area contributed by atoms with Gasteiger partial charge in [0.1, 0.15) is 6.23 Å². The number of nitrogens with two attached hydrogens (primary N) is 1. The summed E-state index contributed by atoms with van der Waals surface area (Å²) in [5.74, 6) is 0. The monoisotopic (exact) mass is 220 g/mol. The maximum absolute atomic E-state index is 10.1. The Morgan fingerprint density at radius 3 is 2.08 bits per heavy atom. The van der Waals surface area contributed by atoms with Gasteiger partial charge in [0.05, 0.1) is 0 Å². The predicted octanol–water partition coefficient (Wildman–Crippen LogP) is -2.71. The molecule has 0 saturated heterocycles. The highest BCUT2D eigenvalue weighted by molar-refractivity contribution is 7.83. The van der Waals surface area contributed by atoms with E-state index < -0.39 is 33.1 Å². The standard InChI is InChI=1S/C2H7NO7S2/c3-1(4)2(11(5)6)10-12(7,8)9/h1-2,4H,3H2,(H,5,6)(H,7,8,9)/p-1. The van der Waals surface area contributed by atoms with Crippen molar-refractivity contribution < 1.29 is 31.0 Å². The zero-order valence-corrected chi connectivity index (χ0v) is 7.12. The summed E-state index contributed by atoms with van der Waals surface area (Å²) in [6.07, 6.45) is -2.05. The first-order valence-electron chi connectivity index (χ1n) is 2.41. The van der Waals surface area contributed by atoms with Crippen LogP contribution in [0.15, 0.2) is 0 Å². The lowest BCUT2D eigenvalue weighted by Crippen LogP contribution is -2.40. The van der Waals surface area contributed by atoms with E-state index in [1.54, 1.807) is 0 Å². The van der Waals surface area contributed by atoms with Gasteiger partial charge in [0.25, 0.3) is 0 Å². The van der Waals surface area contributed by atoms with Gasteiger partial charge in [0, 0.05) is 0 Å². The Bertz CT molecular complexity index is 257. The number of aliphatic hydroxyl groups excluding tert-OH is 1. The molecule has 0 radical (unpaired) electrons. The van der Waals surface area contributed by atoms with Crippen molar-refractivity contribution in [3.05, 3.63) is 0 Å². The van der Waals surface area contributed by atoms with Crippen molar-refractivity contribution in [3.8, 4) is 0 Å². The molecular formula is C2H6NO7S2-. The van der Waals surface area contributed by atoms with Gasteiger partial charge in [-0.1, -0.05) is 0 Å². The Morgan fingerprint density at radius 1 is 1.58 bits per heavy atom. The molecule has 0 saturated carbocycles. The van der Waals surface area contributed by atoms with Crippen molar-refractivity contribution in [1.82, 2.24) is 0 Å². The van der Waals surface area contributed by atoms with E-state index in [9.17, 15) is 17.2 Å².